The van der Waals surface area contributed by atoms with Crippen LogP contribution in [0.4, 0.5) is 15.1 Å². The third kappa shape index (κ3) is 4.56. The molecule has 1 amide bonds. The van der Waals surface area contributed by atoms with Crippen molar-refractivity contribution in [3.05, 3.63) is 47.4 Å². The minimum Gasteiger partial charge on any atom is -0.462 e. The van der Waals surface area contributed by atoms with E-state index in [1.165, 1.54) is 4.52 Å². The molecule has 8 nitrogen and oxygen atoms in total. The molecular weight excluding hydrogens is 391 g/mol. The number of hydrogen-bond acceptors (Lipinski definition) is 6. The number of hydrogen-bond donors (Lipinski definition) is 1. The second-order valence-corrected chi connectivity index (χ2v) is 7.62. The summed E-state index contributed by atoms with van der Waals surface area (Å²) in [5, 5.41) is 6.61. The summed E-state index contributed by atoms with van der Waals surface area (Å²) in [5.41, 5.74) is 0.856. The van der Waals surface area contributed by atoms with Crippen molar-refractivity contribution in [1.29, 1.82) is 0 Å². The Bertz CT molecular complexity index is 1120. The number of ether oxygens (including phenoxy) is 2. The minimum absolute atomic E-state index is 0.0537. The van der Waals surface area contributed by atoms with Crippen molar-refractivity contribution in [2.75, 3.05) is 11.9 Å². The van der Waals surface area contributed by atoms with E-state index in [1.54, 1.807) is 65.1 Å². The molecule has 0 fully saturated rings. The lowest BCUT2D eigenvalue weighted by Crippen LogP contribution is -2.27. The van der Waals surface area contributed by atoms with Gasteiger partial charge in [-0.15, -0.1) is 5.10 Å². The number of esters is 1. The van der Waals surface area contributed by atoms with Gasteiger partial charge in [0.2, 0.25) is 0 Å². The van der Waals surface area contributed by atoms with Crippen molar-refractivity contribution in [2.45, 2.75) is 40.2 Å². The SMILES string of the molecule is CCOC(=O)c1c(C)ccc(-c2ccn3nc(NC(=O)OC(C)(C)C)nc3c2)c1F. The van der Waals surface area contributed by atoms with Crippen molar-refractivity contribution >= 4 is 23.7 Å². The van der Waals surface area contributed by atoms with Crippen molar-refractivity contribution in [3.8, 4) is 11.1 Å². The molecule has 0 bridgehead atoms. The van der Waals surface area contributed by atoms with E-state index in [1.807, 2.05) is 0 Å². The van der Waals surface area contributed by atoms with Gasteiger partial charge in [0.15, 0.2) is 5.65 Å². The molecule has 0 saturated carbocycles. The Labute approximate surface area is 173 Å². The van der Waals surface area contributed by atoms with Gasteiger partial charge in [0, 0.05) is 11.8 Å². The number of pyridine rings is 1. The molecule has 0 spiro atoms. The Morgan fingerprint density at radius 3 is 2.63 bits per heavy atom. The molecule has 3 aromatic rings. The number of nitrogens with zero attached hydrogens (tertiary/aromatic N) is 3. The quantitative estimate of drug-likeness (QED) is 0.637. The van der Waals surface area contributed by atoms with Crippen LogP contribution in [-0.4, -0.2) is 38.9 Å². The molecule has 2 aromatic heterocycles. The molecule has 30 heavy (non-hydrogen) atoms. The van der Waals surface area contributed by atoms with E-state index < -0.39 is 23.5 Å². The summed E-state index contributed by atoms with van der Waals surface area (Å²) in [6, 6.07) is 6.50. The summed E-state index contributed by atoms with van der Waals surface area (Å²) in [6.07, 6.45) is 0.906. The molecule has 0 radical (unpaired) electrons. The lowest BCUT2D eigenvalue weighted by molar-refractivity contribution is 0.0519. The zero-order valence-corrected chi connectivity index (χ0v) is 17.4. The second kappa shape index (κ2) is 8.10. The Kier molecular flexibility index (Phi) is 5.73. The summed E-state index contributed by atoms with van der Waals surface area (Å²) >= 11 is 0. The molecular formula is C21H23FN4O4. The van der Waals surface area contributed by atoms with Crippen LogP contribution in [0.1, 0.15) is 43.6 Å². The zero-order valence-electron chi connectivity index (χ0n) is 17.4. The van der Waals surface area contributed by atoms with Gasteiger partial charge in [-0.2, -0.15) is 4.98 Å². The number of carbonyl (C=O) groups is 2. The van der Waals surface area contributed by atoms with Gasteiger partial charge in [-0.1, -0.05) is 12.1 Å². The van der Waals surface area contributed by atoms with Crippen molar-refractivity contribution in [2.24, 2.45) is 0 Å². The summed E-state index contributed by atoms with van der Waals surface area (Å²) in [6.45, 7) is 8.71. The van der Waals surface area contributed by atoms with Gasteiger partial charge in [0.25, 0.3) is 5.95 Å². The Morgan fingerprint density at radius 2 is 1.97 bits per heavy atom. The highest BCUT2D eigenvalue weighted by Gasteiger charge is 2.21. The van der Waals surface area contributed by atoms with E-state index in [2.05, 4.69) is 15.4 Å². The molecule has 0 atom stereocenters. The van der Waals surface area contributed by atoms with E-state index in [4.69, 9.17) is 9.47 Å². The molecule has 0 aliphatic rings. The molecule has 1 aromatic carbocycles. The van der Waals surface area contributed by atoms with Crippen LogP contribution < -0.4 is 5.32 Å². The highest BCUT2D eigenvalue weighted by Crippen LogP contribution is 2.28. The lowest BCUT2D eigenvalue weighted by atomic mass is 9.99. The van der Waals surface area contributed by atoms with E-state index in [-0.39, 0.29) is 23.7 Å². The largest absolute Gasteiger partial charge is 0.462 e. The van der Waals surface area contributed by atoms with E-state index in [9.17, 15) is 9.59 Å². The summed E-state index contributed by atoms with van der Waals surface area (Å²) < 4.78 is 26.7. The average molecular weight is 414 g/mol. The molecule has 3 rings (SSSR count). The fourth-order valence-corrected chi connectivity index (χ4v) is 2.85. The van der Waals surface area contributed by atoms with Crippen molar-refractivity contribution in [1.82, 2.24) is 14.6 Å². The summed E-state index contributed by atoms with van der Waals surface area (Å²) in [4.78, 5) is 28.3. The Balaban J connectivity index is 1.94. The predicted molar refractivity (Wildman–Crippen MR) is 109 cm³/mol. The monoisotopic (exact) mass is 414 g/mol. The third-order valence-corrected chi connectivity index (χ3v) is 4.09. The summed E-state index contributed by atoms with van der Waals surface area (Å²) in [5.74, 6) is -1.32. The van der Waals surface area contributed by atoms with Crippen molar-refractivity contribution in [3.63, 3.8) is 0 Å². The number of rotatable bonds is 4. The van der Waals surface area contributed by atoms with Crippen LogP contribution in [0.25, 0.3) is 16.8 Å². The molecule has 0 saturated heterocycles. The summed E-state index contributed by atoms with van der Waals surface area (Å²) in [7, 11) is 0. The highest BCUT2D eigenvalue weighted by molar-refractivity contribution is 5.93. The smallest absolute Gasteiger partial charge is 0.414 e. The zero-order chi connectivity index (χ0) is 22.1. The van der Waals surface area contributed by atoms with Crippen LogP contribution in [0.15, 0.2) is 30.5 Å². The molecule has 0 unspecified atom stereocenters. The van der Waals surface area contributed by atoms with Crippen LogP contribution in [0.3, 0.4) is 0 Å². The first-order valence-electron chi connectivity index (χ1n) is 9.42. The maximum absolute atomic E-state index is 15.1. The minimum atomic E-state index is -0.707. The molecule has 0 aliphatic heterocycles. The van der Waals surface area contributed by atoms with Crippen LogP contribution in [0.5, 0.6) is 0 Å². The molecule has 158 valence electrons. The number of fused-ring (bicyclic) bond motifs is 1. The van der Waals surface area contributed by atoms with Crippen molar-refractivity contribution < 1.29 is 23.5 Å². The van der Waals surface area contributed by atoms with Gasteiger partial charge in [-0.3, -0.25) is 5.32 Å². The average Bonchev–Trinajstić information content (AvgIpc) is 3.01. The first kappa shape index (κ1) is 21.2. The number of amides is 1. The topological polar surface area (TPSA) is 94.8 Å². The Morgan fingerprint density at radius 1 is 1.23 bits per heavy atom. The van der Waals surface area contributed by atoms with Crippen LogP contribution in [0, 0.1) is 12.7 Å². The van der Waals surface area contributed by atoms with E-state index in [0.29, 0.717) is 16.8 Å². The number of halogens is 1. The molecule has 0 aliphatic carbocycles. The first-order chi connectivity index (χ1) is 14.1. The fraction of sp³-hybridized carbons (Fsp3) is 0.333. The third-order valence-electron chi connectivity index (χ3n) is 4.09. The number of nitrogens with one attached hydrogen (secondary N) is 1. The lowest BCUT2D eigenvalue weighted by Gasteiger charge is -2.18. The van der Waals surface area contributed by atoms with E-state index >= 15 is 4.39 Å². The van der Waals surface area contributed by atoms with Gasteiger partial charge in [0.05, 0.1) is 12.2 Å². The van der Waals surface area contributed by atoms with Gasteiger partial charge in [-0.25, -0.2) is 18.5 Å². The number of benzene rings is 1. The maximum atomic E-state index is 15.1. The number of aryl methyl sites for hydroxylation is 1. The standard InChI is InChI=1S/C21H23FN4O4/c1-6-29-18(27)16-12(2)7-8-14(17(16)22)13-9-10-26-15(11-13)23-19(25-26)24-20(28)30-21(3,4)5/h7-11H,6H2,1-5H3,(H,24,25,28). The van der Waals surface area contributed by atoms with Crippen LogP contribution in [0.2, 0.25) is 0 Å². The molecule has 2 heterocycles. The number of carbonyl (C=O) groups excluding carboxylic acids is 2. The van der Waals surface area contributed by atoms with E-state index in [0.717, 1.165) is 0 Å². The normalized spacial score (nSPS) is 11.4. The van der Waals surface area contributed by atoms with Gasteiger partial charge in [-0.05, 0) is 57.9 Å². The maximum Gasteiger partial charge on any atom is 0.414 e. The fourth-order valence-electron chi connectivity index (χ4n) is 2.85. The Hall–Kier alpha value is -3.49. The van der Waals surface area contributed by atoms with Crippen LogP contribution >= 0.6 is 0 Å². The van der Waals surface area contributed by atoms with Crippen LogP contribution in [-0.2, 0) is 9.47 Å². The number of aromatic nitrogens is 3. The van der Waals surface area contributed by atoms with Gasteiger partial charge >= 0.3 is 12.1 Å². The van der Waals surface area contributed by atoms with Gasteiger partial charge < -0.3 is 9.47 Å². The number of anilines is 1. The molecule has 1 N–H and O–H groups in total. The first-order valence-corrected chi connectivity index (χ1v) is 9.42. The second-order valence-electron chi connectivity index (χ2n) is 7.62. The predicted octanol–water partition coefficient (Wildman–Crippen LogP) is 4.37. The molecule has 9 heteroatoms. The highest BCUT2D eigenvalue weighted by atomic mass is 19.1. The van der Waals surface area contributed by atoms with Gasteiger partial charge in [0.1, 0.15) is 11.4 Å².